The number of nitrogens with one attached hydrogen (secondary N) is 2. The highest BCUT2D eigenvalue weighted by molar-refractivity contribution is 7.80. The number of nitrogens with zero attached hydrogens (tertiary/aromatic N) is 1. The summed E-state index contributed by atoms with van der Waals surface area (Å²) in [6, 6.07) is 6.98. The summed E-state index contributed by atoms with van der Waals surface area (Å²) in [6.45, 7) is 2.81. The third kappa shape index (κ3) is 3.55. The van der Waals surface area contributed by atoms with E-state index >= 15 is 0 Å². The van der Waals surface area contributed by atoms with Gasteiger partial charge in [0.15, 0.2) is 5.11 Å². The average molecular weight is 379 g/mol. The number of ether oxygens (including phenoxy) is 1. The Morgan fingerprint density at radius 2 is 2.08 bits per heavy atom. The zero-order valence-electron chi connectivity index (χ0n) is 14.9. The lowest BCUT2D eigenvalue weighted by Crippen LogP contribution is -2.61. The number of hydrogen-bond donors (Lipinski definition) is 4. The molecule has 1 aliphatic carbocycles. The molecule has 1 saturated heterocycles. The van der Waals surface area contributed by atoms with E-state index in [1.807, 2.05) is 36.1 Å². The fourth-order valence-electron chi connectivity index (χ4n) is 3.75. The predicted octanol–water partition coefficient (Wildman–Crippen LogP) is -0.0690. The van der Waals surface area contributed by atoms with Gasteiger partial charge in [-0.2, -0.15) is 0 Å². The van der Waals surface area contributed by atoms with Crippen LogP contribution < -0.4 is 15.5 Å². The molecular weight excluding hydrogens is 354 g/mol. The number of thiocarbonyl (C=S) groups is 1. The van der Waals surface area contributed by atoms with Crippen molar-refractivity contribution in [3.8, 4) is 0 Å². The molecule has 0 aromatic heterocycles. The maximum absolute atomic E-state index is 12.7. The zero-order valence-corrected chi connectivity index (χ0v) is 15.7. The van der Waals surface area contributed by atoms with Crippen LogP contribution in [0.2, 0.25) is 0 Å². The molecule has 1 aromatic rings. The van der Waals surface area contributed by atoms with Crippen molar-refractivity contribution < 1.29 is 19.7 Å². The van der Waals surface area contributed by atoms with Crippen LogP contribution in [0.1, 0.15) is 12.0 Å². The van der Waals surface area contributed by atoms with Crippen LogP contribution in [0.4, 0.5) is 5.69 Å². The highest BCUT2D eigenvalue weighted by Crippen LogP contribution is 2.36. The van der Waals surface area contributed by atoms with Crippen molar-refractivity contribution >= 4 is 28.9 Å². The Balaban J connectivity index is 1.90. The maximum Gasteiger partial charge on any atom is 0.225 e. The highest BCUT2D eigenvalue weighted by atomic mass is 32.1. The van der Waals surface area contributed by atoms with Gasteiger partial charge in [-0.15, -0.1) is 0 Å². The molecule has 0 radical (unpaired) electrons. The Morgan fingerprint density at radius 3 is 2.73 bits per heavy atom. The molecule has 1 saturated carbocycles. The molecule has 0 spiro atoms. The number of hydrogen-bond acceptors (Lipinski definition) is 5. The first-order valence-corrected chi connectivity index (χ1v) is 9.14. The summed E-state index contributed by atoms with van der Waals surface area (Å²) < 4.78 is 4.98. The molecule has 26 heavy (non-hydrogen) atoms. The van der Waals surface area contributed by atoms with Gasteiger partial charge in [-0.25, -0.2) is 0 Å². The lowest BCUT2D eigenvalue weighted by molar-refractivity contribution is -0.131. The van der Waals surface area contributed by atoms with E-state index < -0.39 is 24.2 Å². The molecular formula is C18H25N3O4S. The number of methoxy groups -OCH3 is 1. The van der Waals surface area contributed by atoms with Crippen LogP contribution in [0.3, 0.4) is 0 Å². The Morgan fingerprint density at radius 1 is 1.38 bits per heavy atom. The maximum atomic E-state index is 12.7. The summed E-state index contributed by atoms with van der Waals surface area (Å²) in [6.07, 6.45) is -1.80. The van der Waals surface area contributed by atoms with E-state index in [0.717, 1.165) is 11.3 Å². The number of carbonyl (C=O) groups is 1. The second-order valence-electron chi connectivity index (χ2n) is 6.86. The van der Waals surface area contributed by atoms with Crippen LogP contribution in [0, 0.1) is 12.8 Å². The van der Waals surface area contributed by atoms with Gasteiger partial charge in [-0.1, -0.05) is 17.7 Å². The van der Waals surface area contributed by atoms with Crippen molar-refractivity contribution in [1.82, 2.24) is 10.6 Å². The van der Waals surface area contributed by atoms with Crippen LogP contribution in [-0.4, -0.2) is 65.8 Å². The van der Waals surface area contributed by atoms with E-state index in [9.17, 15) is 15.0 Å². The van der Waals surface area contributed by atoms with Gasteiger partial charge in [-0.3, -0.25) is 4.79 Å². The van der Waals surface area contributed by atoms with Gasteiger partial charge in [0, 0.05) is 19.3 Å². The minimum atomic E-state index is -0.989. The van der Waals surface area contributed by atoms with E-state index in [1.54, 1.807) is 7.11 Å². The van der Waals surface area contributed by atoms with Gasteiger partial charge in [0.1, 0.15) is 6.10 Å². The van der Waals surface area contributed by atoms with Gasteiger partial charge in [0.25, 0.3) is 0 Å². The minimum absolute atomic E-state index is 0.174. The number of fused-ring (bicyclic) bond motifs is 1. The summed E-state index contributed by atoms with van der Waals surface area (Å²) in [5.41, 5.74) is 1.98. The number of carbonyl (C=O) groups excluding carboxylic acids is 1. The first-order chi connectivity index (χ1) is 12.4. The van der Waals surface area contributed by atoms with Crippen molar-refractivity contribution in [3.63, 3.8) is 0 Å². The van der Waals surface area contributed by atoms with Crippen LogP contribution in [0.5, 0.6) is 0 Å². The Hall–Kier alpha value is -1.74. The van der Waals surface area contributed by atoms with E-state index in [1.165, 1.54) is 0 Å². The van der Waals surface area contributed by atoms with Crippen molar-refractivity contribution in [2.24, 2.45) is 5.92 Å². The number of aliphatic hydroxyl groups is 2. The fourth-order valence-corrected chi connectivity index (χ4v) is 4.12. The molecule has 3 rings (SSSR count). The smallest absolute Gasteiger partial charge is 0.225 e. The van der Waals surface area contributed by atoms with Crippen LogP contribution in [0.15, 0.2) is 24.3 Å². The lowest BCUT2D eigenvalue weighted by Gasteiger charge is -2.41. The SMILES string of the molecule is COCCNC(=O)[C@@H]1C[C@@H](O)[C@H](O)[C@@H]2NC(=S)N(c3ccc(C)cc3)[C@@H]21. The topological polar surface area (TPSA) is 94.1 Å². The number of aryl methyl sites for hydroxylation is 1. The summed E-state index contributed by atoms with van der Waals surface area (Å²) in [5.74, 6) is -0.684. The third-order valence-electron chi connectivity index (χ3n) is 5.10. The van der Waals surface area contributed by atoms with E-state index in [-0.39, 0.29) is 18.4 Å². The highest BCUT2D eigenvalue weighted by Gasteiger charge is 2.53. The molecule has 0 unspecified atom stereocenters. The first kappa shape index (κ1) is 19.0. The largest absolute Gasteiger partial charge is 0.390 e. The third-order valence-corrected chi connectivity index (χ3v) is 5.41. The molecule has 7 nitrogen and oxygen atoms in total. The van der Waals surface area contributed by atoms with Crippen LogP contribution >= 0.6 is 12.2 Å². The Labute approximate surface area is 158 Å². The summed E-state index contributed by atoms with van der Waals surface area (Å²) in [4.78, 5) is 14.6. The summed E-state index contributed by atoms with van der Waals surface area (Å²) in [7, 11) is 1.57. The molecule has 2 aliphatic rings. The van der Waals surface area contributed by atoms with E-state index in [0.29, 0.717) is 18.3 Å². The molecule has 1 aliphatic heterocycles. The summed E-state index contributed by atoms with van der Waals surface area (Å²) >= 11 is 5.48. The number of aliphatic hydroxyl groups excluding tert-OH is 2. The molecule has 2 fully saturated rings. The monoisotopic (exact) mass is 379 g/mol. The van der Waals surface area contributed by atoms with Gasteiger partial charge < -0.3 is 30.5 Å². The van der Waals surface area contributed by atoms with Crippen molar-refractivity contribution in [2.45, 2.75) is 37.6 Å². The van der Waals surface area contributed by atoms with Crippen LogP contribution in [0.25, 0.3) is 0 Å². The summed E-state index contributed by atoms with van der Waals surface area (Å²) in [5, 5.41) is 27.1. The molecule has 0 bridgehead atoms. The second-order valence-corrected chi connectivity index (χ2v) is 7.24. The number of rotatable bonds is 5. The lowest BCUT2D eigenvalue weighted by atomic mass is 9.77. The number of amides is 1. The van der Waals surface area contributed by atoms with Crippen molar-refractivity contribution in [2.75, 3.05) is 25.2 Å². The Kier molecular flexibility index (Phi) is 5.76. The first-order valence-electron chi connectivity index (χ1n) is 8.73. The second kappa shape index (κ2) is 7.87. The van der Waals surface area contributed by atoms with Crippen molar-refractivity contribution in [3.05, 3.63) is 29.8 Å². The molecule has 4 N–H and O–H groups in total. The Bertz CT molecular complexity index is 669. The number of anilines is 1. The molecule has 1 amide bonds. The normalized spacial score (nSPS) is 30.7. The minimum Gasteiger partial charge on any atom is -0.390 e. The van der Waals surface area contributed by atoms with Crippen LogP contribution in [-0.2, 0) is 9.53 Å². The van der Waals surface area contributed by atoms with Gasteiger partial charge in [0.2, 0.25) is 5.91 Å². The fraction of sp³-hybridized carbons (Fsp3) is 0.556. The van der Waals surface area contributed by atoms with E-state index in [2.05, 4.69) is 10.6 Å². The molecule has 1 heterocycles. The standard InChI is InChI=1S/C18H25N3O4S/c1-10-3-5-11(6-4-10)21-15-12(17(24)19-7-8-25-2)9-13(22)16(23)14(15)20-18(21)26/h3-6,12-16,22-23H,7-9H2,1-2H3,(H,19,24)(H,20,26)/t12-,13-,14-,15-,16+/m1/s1. The quantitative estimate of drug-likeness (QED) is 0.420. The number of benzene rings is 1. The van der Waals surface area contributed by atoms with E-state index in [4.69, 9.17) is 17.0 Å². The predicted molar refractivity (Wildman–Crippen MR) is 102 cm³/mol. The van der Waals surface area contributed by atoms with Gasteiger partial charge >= 0.3 is 0 Å². The molecule has 5 atom stereocenters. The average Bonchev–Trinajstić information content (AvgIpc) is 2.96. The molecule has 142 valence electrons. The zero-order chi connectivity index (χ0) is 18.8. The van der Waals surface area contributed by atoms with Crippen molar-refractivity contribution in [1.29, 1.82) is 0 Å². The van der Waals surface area contributed by atoms with Gasteiger partial charge in [0.05, 0.1) is 30.7 Å². The molecule has 1 aromatic carbocycles. The van der Waals surface area contributed by atoms with Gasteiger partial charge in [-0.05, 0) is 37.7 Å². The molecule has 8 heteroatoms.